The van der Waals surface area contributed by atoms with Crippen LogP contribution in [-0.4, -0.2) is 34.0 Å². The number of thioether (sulfide) groups is 1. The van der Waals surface area contributed by atoms with Gasteiger partial charge in [-0.3, -0.25) is 9.98 Å². The van der Waals surface area contributed by atoms with Gasteiger partial charge in [-0.15, -0.1) is 0 Å². The number of pyridine rings is 1. The number of amidine groups is 1. The Labute approximate surface area is 161 Å². The van der Waals surface area contributed by atoms with Crippen LogP contribution in [-0.2, 0) is 0 Å². The Morgan fingerprint density at radius 2 is 2.00 bits per heavy atom. The molecule has 2 aliphatic rings. The number of rotatable bonds is 3. The zero-order valence-electron chi connectivity index (χ0n) is 13.8. The molecule has 2 aliphatic heterocycles. The summed E-state index contributed by atoms with van der Waals surface area (Å²) >= 11 is 14.6. The zero-order valence-corrected chi connectivity index (χ0v) is 16.1. The van der Waals surface area contributed by atoms with Gasteiger partial charge in [-0.1, -0.05) is 48.0 Å². The highest BCUT2D eigenvalue weighted by Crippen LogP contribution is 2.49. The predicted molar refractivity (Wildman–Crippen MR) is 104 cm³/mol. The van der Waals surface area contributed by atoms with Crippen molar-refractivity contribution in [1.29, 1.82) is 0 Å². The van der Waals surface area contributed by atoms with E-state index in [1.165, 1.54) is 0 Å². The molecule has 0 radical (unpaired) electrons. The van der Waals surface area contributed by atoms with Crippen molar-refractivity contribution in [1.82, 2.24) is 9.88 Å². The van der Waals surface area contributed by atoms with Crippen LogP contribution in [0.1, 0.15) is 30.3 Å². The minimum atomic E-state index is -0.0725. The van der Waals surface area contributed by atoms with Crippen LogP contribution < -0.4 is 4.74 Å². The maximum atomic E-state index is 6.39. The molecule has 1 aromatic heterocycles. The molecule has 0 spiro atoms. The zero-order chi connectivity index (χ0) is 17.6. The number of benzene rings is 1. The maximum absolute atomic E-state index is 6.39. The van der Waals surface area contributed by atoms with Crippen LogP contribution >= 0.6 is 35.0 Å². The lowest BCUT2D eigenvalue weighted by molar-refractivity contribution is 0.321. The maximum Gasteiger partial charge on any atom is 0.160 e. The second-order valence-corrected chi connectivity index (χ2v) is 8.37. The first-order valence-electron chi connectivity index (χ1n) is 8.03. The number of aromatic nitrogens is 1. The molecule has 0 bridgehead atoms. The van der Waals surface area contributed by atoms with Crippen LogP contribution in [0, 0.1) is 0 Å². The molecular weight excluding hydrogens is 377 g/mol. The molecule has 3 heterocycles. The number of methoxy groups -OCH3 is 1. The van der Waals surface area contributed by atoms with Gasteiger partial charge in [0.1, 0.15) is 6.04 Å². The van der Waals surface area contributed by atoms with E-state index in [0.29, 0.717) is 21.0 Å². The van der Waals surface area contributed by atoms with Crippen LogP contribution in [0.5, 0.6) is 5.75 Å². The fraction of sp³-hybridized carbons (Fsp3) is 0.333. The van der Waals surface area contributed by atoms with Gasteiger partial charge < -0.3 is 9.64 Å². The van der Waals surface area contributed by atoms with Crippen molar-refractivity contribution in [2.75, 3.05) is 13.7 Å². The first kappa shape index (κ1) is 17.0. The lowest BCUT2D eigenvalue weighted by Crippen LogP contribution is -2.28. The summed E-state index contributed by atoms with van der Waals surface area (Å²) in [4.78, 5) is 11.8. The van der Waals surface area contributed by atoms with Gasteiger partial charge in [0, 0.05) is 18.0 Å². The highest BCUT2D eigenvalue weighted by atomic mass is 35.5. The summed E-state index contributed by atoms with van der Waals surface area (Å²) in [6, 6.07) is 9.75. The molecule has 0 unspecified atom stereocenters. The second kappa shape index (κ2) is 6.71. The van der Waals surface area contributed by atoms with E-state index >= 15 is 0 Å². The third-order valence-electron chi connectivity index (χ3n) is 4.45. The fourth-order valence-electron chi connectivity index (χ4n) is 3.42. The quantitative estimate of drug-likeness (QED) is 0.736. The number of aliphatic imine (C=N–C) groups is 1. The molecule has 1 saturated heterocycles. The summed E-state index contributed by atoms with van der Waals surface area (Å²) in [5.74, 6) is 0.504. The highest BCUT2D eigenvalue weighted by Gasteiger charge is 2.43. The molecule has 25 heavy (non-hydrogen) atoms. The van der Waals surface area contributed by atoms with E-state index in [0.717, 1.165) is 23.0 Å². The van der Waals surface area contributed by atoms with Crippen LogP contribution in [0.2, 0.25) is 10.0 Å². The normalized spacial score (nSPS) is 25.0. The summed E-state index contributed by atoms with van der Waals surface area (Å²) < 4.78 is 5.29. The third-order valence-corrected chi connectivity index (χ3v) is 6.11. The first-order chi connectivity index (χ1) is 12.1. The van der Waals surface area contributed by atoms with E-state index in [9.17, 15) is 0 Å². The lowest BCUT2D eigenvalue weighted by atomic mass is 9.96. The molecule has 4 rings (SSSR count). The van der Waals surface area contributed by atoms with E-state index in [4.69, 9.17) is 32.9 Å². The topological polar surface area (TPSA) is 37.7 Å². The average molecular weight is 394 g/mol. The van der Waals surface area contributed by atoms with Crippen LogP contribution in [0.15, 0.2) is 41.5 Å². The third kappa shape index (κ3) is 2.98. The van der Waals surface area contributed by atoms with Crippen molar-refractivity contribution >= 4 is 40.1 Å². The summed E-state index contributed by atoms with van der Waals surface area (Å²) in [5.41, 5.74) is 1.98. The summed E-state index contributed by atoms with van der Waals surface area (Å²) in [7, 11) is 1.57. The standard InChI is InChI=1S/C18H17Cl2N3OS/c1-10-9-23-16(11-7-12(19)17(24-2)13(20)8-11)15(22-18(23)25-10)14-5-3-4-6-21-14/h3-8,10,15-16H,9H2,1-2H3/t10-,15-,16-/m1/s1. The number of hydrogen-bond donors (Lipinski definition) is 0. The van der Waals surface area contributed by atoms with Crippen molar-refractivity contribution in [2.45, 2.75) is 24.3 Å². The molecule has 3 atom stereocenters. The Morgan fingerprint density at radius 1 is 1.24 bits per heavy atom. The minimum absolute atomic E-state index is 0.0308. The van der Waals surface area contributed by atoms with Crippen molar-refractivity contribution < 1.29 is 4.74 Å². The number of hydrogen-bond acceptors (Lipinski definition) is 5. The minimum Gasteiger partial charge on any atom is -0.494 e. The van der Waals surface area contributed by atoms with E-state index in [2.05, 4.69) is 16.8 Å². The van der Waals surface area contributed by atoms with Crippen LogP contribution in [0.3, 0.4) is 0 Å². The SMILES string of the molecule is COc1c(Cl)cc([C@@H]2[C@@H](c3ccccn3)N=C3S[C@H](C)CN32)cc1Cl. The second-order valence-electron chi connectivity index (χ2n) is 6.15. The van der Waals surface area contributed by atoms with Gasteiger partial charge in [-0.2, -0.15) is 0 Å². The Morgan fingerprint density at radius 3 is 2.64 bits per heavy atom. The molecule has 0 aliphatic carbocycles. The van der Waals surface area contributed by atoms with Gasteiger partial charge in [0.25, 0.3) is 0 Å². The Kier molecular flexibility index (Phi) is 4.56. The van der Waals surface area contributed by atoms with Gasteiger partial charge in [0.2, 0.25) is 0 Å². The molecular formula is C18H17Cl2N3OS. The Hall–Kier alpha value is -1.43. The average Bonchev–Trinajstić information content (AvgIpc) is 3.11. The monoisotopic (exact) mass is 393 g/mol. The summed E-state index contributed by atoms with van der Waals surface area (Å²) in [6.07, 6.45) is 1.81. The van der Waals surface area contributed by atoms with Crippen molar-refractivity contribution in [3.63, 3.8) is 0 Å². The van der Waals surface area contributed by atoms with Gasteiger partial charge in [0.15, 0.2) is 10.9 Å². The predicted octanol–water partition coefficient (Wildman–Crippen LogP) is 4.99. The molecule has 0 saturated carbocycles. The molecule has 2 aromatic rings. The van der Waals surface area contributed by atoms with E-state index in [-0.39, 0.29) is 12.1 Å². The highest BCUT2D eigenvalue weighted by molar-refractivity contribution is 8.14. The molecule has 0 N–H and O–H groups in total. The van der Waals surface area contributed by atoms with Crippen molar-refractivity contribution in [3.8, 4) is 5.75 Å². The van der Waals surface area contributed by atoms with Gasteiger partial charge in [-0.05, 0) is 29.8 Å². The number of halogens is 2. The number of nitrogens with zero attached hydrogens (tertiary/aromatic N) is 3. The lowest BCUT2D eigenvalue weighted by Gasteiger charge is -2.28. The molecule has 7 heteroatoms. The molecule has 1 fully saturated rings. The number of ether oxygens (including phenoxy) is 1. The van der Waals surface area contributed by atoms with E-state index < -0.39 is 0 Å². The summed E-state index contributed by atoms with van der Waals surface area (Å²) in [6.45, 7) is 3.16. The largest absolute Gasteiger partial charge is 0.494 e. The van der Waals surface area contributed by atoms with Crippen molar-refractivity contribution in [3.05, 3.63) is 57.8 Å². The fourth-order valence-corrected chi connectivity index (χ4v) is 5.17. The van der Waals surface area contributed by atoms with E-state index in [1.807, 2.05) is 30.3 Å². The van der Waals surface area contributed by atoms with Crippen molar-refractivity contribution in [2.24, 2.45) is 4.99 Å². The van der Waals surface area contributed by atoms with E-state index in [1.54, 1.807) is 25.1 Å². The van der Waals surface area contributed by atoms with Crippen LogP contribution in [0.4, 0.5) is 0 Å². The Balaban J connectivity index is 1.80. The number of fused-ring (bicyclic) bond motifs is 1. The summed E-state index contributed by atoms with van der Waals surface area (Å²) in [5, 5.41) is 2.60. The van der Waals surface area contributed by atoms with Gasteiger partial charge >= 0.3 is 0 Å². The molecule has 4 nitrogen and oxygen atoms in total. The molecule has 0 amide bonds. The van der Waals surface area contributed by atoms with Gasteiger partial charge in [0.05, 0.1) is 28.9 Å². The molecule has 1 aromatic carbocycles. The van der Waals surface area contributed by atoms with Gasteiger partial charge in [-0.25, -0.2) is 0 Å². The smallest absolute Gasteiger partial charge is 0.160 e. The molecule has 130 valence electrons. The first-order valence-corrected chi connectivity index (χ1v) is 9.67. The Bertz CT molecular complexity index is 807. The van der Waals surface area contributed by atoms with Crippen LogP contribution in [0.25, 0.3) is 0 Å².